The fraction of sp³-hybridized carbons (Fsp3) is 0.308. The number of nitrogens with zero attached hydrogens (tertiary/aromatic N) is 2. The molecule has 12 nitrogen and oxygen atoms in total. The van der Waals surface area contributed by atoms with Crippen LogP contribution in [-0.2, 0) is 44.9 Å². The largest absolute Gasteiger partial charge is 0.355 e. The highest BCUT2D eigenvalue weighted by atomic mass is 19.1. The van der Waals surface area contributed by atoms with Crippen LogP contribution in [0.2, 0.25) is 0 Å². The average molecular weight is 933 g/mol. The summed E-state index contributed by atoms with van der Waals surface area (Å²) >= 11 is 0. The second kappa shape index (κ2) is 22.9. The first-order valence-electron chi connectivity index (χ1n) is 22.6. The molecular weight excluding hydrogens is 881 g/mol. The average Bonchev–Trinajstić information content (AvgIpc) is 4.00. The van der Waals surface area contributed by atoms with Crippen LogP contribution < -0.4 is 21.3 Å². The van der Waals surface area contributed by atoms with E-state index >= 15 is 0 Å². The van der Waals surface area contributed by atoms with E-state index in [9.17, 15) is 46.3 Å². The van der Waals surface area contributed by atoms with Gasteiger partial charge in [0.15, 0.2) is 0 Å². The van der Waals surface area contributed by atoms with Gasteiger partial charge in [0, 0.05) is 63.5 Å². The predicted molar refractivity (Wildman–Crippen MR) is 245 cm³/mol. The molecule has 5 aromatic carbocycles. The fourth-order valence-corrected chi connectivity index (χ4v) is 8.73. The Kier molecular flexibility index (Phi) is 16.4. The van der Waals surface area contributed by atoms with Gasteiger partial charge in [-0.1, -0.05) is 72.8 Å². The summed E-state index contributed by atoms with van der Waals surface area (Å²) in [6.07, 6.45) is 0.800. The minimum atomic E-state index is -0.960. The van der Waals surface area contributed by atoms with Gasteiger partial charge in [0.2, 0.25) is 23.6 Å². The van der Waals surface area contributed by atoms with Crippen LogP contribution in [0, 0.1) is 46.9 Å². The lowest BCUT2D eigenvalue weighted by Crippen LogP contribution is -2.42. The highest BCUT2D eigenvalue weighted by Crippen LogP contribution is 2.28. The molecule has 2 aliphatic rings. The lowest BCUT2D eigenvalue weighted by atomic mass is 9.94. The van der Waals surface area contributed by atoms with Crippen molar-refractivity contribution in [3.05, 3.63) is 178 Å². The quantitative estimate of drug-likeness (QED) is 0.0902. The maximum absolute atomic E-state index is 14.3. The van der Waals surface area contributed by atoms with Gasteiger partial charge in [0.05, 0.1) is 23.7 Å². The first-order valence-corrected chi connectivity index (χ1v) is 22.6. The number of hydrogen-bond acceptors (Lipinski definition) is 6. The number of carbonyl (C=O) groups is 6. The van der Waals surface area contributed by atoms with Gasteiger partial charge in [-0.05, 0) is 96.5 Å². The summed E-state index contributed by atoms with van der Waals surface area (Å²) in [6, 6.07) is 30.5. The summed E-state index contributed by atoms with van der Waals surface area (Å²) in [7, 11) is 0. The molecule has 0 aliphatic carbocycles. The van der Waals surface area contributed by atoms with E-state index in [0.29, 0.717) is 22.3 Å². The van der Waals surface area contributed by atoms with E-state index in [0.717, 1.165) is 0 Å². The van der Waals surface area contributed by atoms with Gasteiger partial charge >= 0.3 is 0 Å². The number of nitrogens with one attached hydrogen (secondary N) is 4. The molecule has 0 aromatic heterocycles. The monoisotopic (exact) mass is 932 g/mol. The Labute approximate surface area is 391 Å². The third kappa shape index (κ3) is 12.1. The molecule has 2 aliphatic heterocycles. The van der Waals surface area contributed by atoms with Gasteiger partial charge < -0.3 is 31.1 Å². The Morgan fingerprint density at radius 2 is 0.588 bits per heavy atom. The van der Waals surface area contributed by atoms with Gasteiger partial charge in [-0.2, -0.15) is 0 Å². The van der Waals surface area contributed by atoms with E-state index in [4.69, 9.17) is 0 Å². The van der Waals surface area contributed by atoms with Crippen LogP contribution in [0.5, 0.6) is 0 Å². The third-order valence-electron chi connectivity index (χ3n) is 12.5. The molecule has 2 saturated heterocycles. The molecule has 0 bridgehead atoms. The summed E-state index contributed by atoms with van der Waals surface area (Å²) in [5.74, 6) is -8.48. The number of likely N-dealkylation sites (tertiary alicyclic amines) is 2. The van der Waals surface area contributed by atoms with Crippen molar-refractivity contribution in [2.75, 3.05) is 52.4 Å². The minimum absolute atomic E-state index is 0.0835. The summed E-state index contributed by atoms with van der Waals surface area (Å²) in [6.45, 7) is -0.120. The van der Waals surface area contributed by atoms with Crippen LogP contribution in [0.1, 0.15) is 43.0 Å². The van der Waals surface area contributed by atoms with Crippen LogP contribution in [0.4, 0.5) is 17.6 Å². The number of hydrogen-bond donors (Lipinski definition) is 4. The van der Waals surface area contributed by atoms with Gasteiger partial charge in [-0.3, -0.25) is 28.8 Å². The fourth-order valence-electron chi connectivity index (χ4n) is 8.73. The van der Waals surface area contributed by atoms with Crippen LogP contribution in [-0.4, -0.2) is 97.6 Å². The molecule has 4 atom stereocenters. The van der Waals surface area contributed by atoms with E-state index < -0.39 is 82.4 Å². The normalized spacial score (nSPS) is 17.6. The van der Waals surface area contributed by atoms with Crippen LogP contribution in [0.3, 0.4) is 0 Å². The molecule has 0 radical (unpaired) electrons. The van der Waals surface area contributed by atoms with Crippen LogP contribution in [0.25, 0.3) is 0 Å². The van der Waals surface area contributed by atoms with E-state index in [-0.39, 0.29) is 89.2 Å². The topological polar surface area (TPSA) is 157 Å². The molecule has 2 heterocycles. The second-order valence-electron chi connectivity index (χ2n) is 17.0. The highest BCUT2D eigenvalue weighted by molar-refractivity contribution is 6.00. The van der Waals surface area contributed by atoms with Crippen molar-refractivity contribution in [3.8, 4) is 0 Å². The minimum Gasteiger partial charge on any atom is -0.355 e. The Bertz CT molecular complexity index is 2310. The summed E-state index contributed by atoms with van der Waals surface area (Å²) in [4.78, 5) is 85.1. The summed E-state index contributed by atoms with van der Waals surface area (Å²) in [5.41, 5.74) is 1.96. The van der Waals surface area contributed by atoms with Crippen molar-refractivity contribution in [3.63, 3.8) is 0 Å². The number of carbonyl (C=O) groups excluding carboxylic acids is 6. The first-order chi connectivity index (χ1) is 32.9. The van der Waals surface area contributed by atoms with Crippen molar-refractivity contribution in [2.24, 2.45) is 23.7 Å². The van der Waals surface area contributed by atoms with E-state index in [1.807, 2.05) is 0 Å². The van der Waals surface area contributed by atoms with Crippen LogP contribution >= 0.6 is 0 Å². The molecule has 0 saturated carbocycles. The van der Waals surface area contributed by atoms with Crippen molar-refractivity contribution >= 4 is 35.4 Å². The third-order valence-corrected chi connectivity index (χ3v) is 12.5. The number of halogens is 4. The SMILES string of the molecule is O=C(NCCc1ccccc1F)[C@H]1CN(C(=O)c2ccc(C(=O)N3C[C@H](C(=O)NCCc4ccccc4F)[C@@H](C(=O)NCCc4ccccc4F)C3)cc2)C[C@@H]1C(=O)NCCc1ccccc1F. The lowest BCUT2D eigenvalue weighted by Gasteiger charge is -2.18. The summed E-state index contributed by atoms with van der Waals surface area (Å²) < 4.78 is 57.1. The van der Waals surface area contributed by atoms with Crippen molar-refractivity contribution < 1.29 is 46.3 Å². The smallest absolute Gasteiger partial charge is 0.253 e. The van der Waals surface area contributed by atoms with Crippen molar-refractivity contribution in [1.29, 1.82) is 0 Å². The Balaban J connectivity index is 1.00. The van der Waals surface area contributed by atoms with Gasteiger partial charge in [0.1, 0.15) is 23.3 Å². The van der Waals surface area contributed by atoms with Crippen LogP contribution in [0.15, 0.2) is 121 Å². The zero-order valence-corrected chi connectivity index (χ0v) is 37.2. The Hall–Kier alpha value is -7.36. The zero-order valence-electron chi connectivity index (χ0n) is 37.2. The summed E-state index contributed by atoms with van der Waals surface area (Å²) in [5, 5.41) is 11.1. The highest BCUT2D eigenvalue weighted by Gasteiger charge is 2.45. The Morgan fingerprint density at radius 1 is 0.368 bits per heavy atom. The van der Waals surface area contributed by atoms with E-state index in [2.05, 4.69) is 21.3 Å². The van der Waals surface area contributed by atoms with Crippen molar-refractivity contribution in [2.45, 2.75) is 25.7 Å². The predicted octanol–water partition coefficient (Wildman–Crippen LogP) is 5.06. The maximum atomic E-state index is 14.3. The van der Waals surface area contributed by atoms with Gasteiger partial charge in [-0.15, -0.1) is 0 Å². The van der Waals surface area contributed by atoms with Gasteiger partial charge in [0.25, 0.3) is 11.8 Å². The molecule has 5 aromatic rings. The van der Waals surface area contributed by atoms with Crippen molar-refractivity contribution in [1.82, 2.24) is 31.1 Å². The zero-order chi connectivity index (χ0) is 48.2. The lowest BCUT2D eigenvalue weighted by molar-refractivity contribution is -0.132. The molecule has 354 valence electrons. The molecule has 68 heavy (non-hydrogen) atoms. The number of benzene rings is 5. The molecule has 6 amide bonds. The molecule has 0 spiro atoms. The molecule has 16 heteroatoms. The van der Waals surface area contributed by atoms with E-state index in [1.54, 1.807) is 72.8 Å². The van der Waals surface area contributed by atoms with E-state index in [1.165, 1.54) is 58.3 Å². The molecule has 2 fully saturated rings. The second-order valence-corrected chi connectivity index (χ2v) is 17.0. The molecule has 4 N–H and O–H groups in total. The maximum Gasteiger partial charge on any atom is 0.253 e. The number of amides is 6. The Morgan fingerprint density at radius 3 is 0.809 bits per heavy atom. The molecule has 0 unspecified atom stereocenters. The standard InChI is InChI=1S/C52H52F4N6O6/c53-43-13-5-1-9-33(43)21-25-57-47(63)39-29-61(30-40(39)48(64)58-26-22-34-10-2-6-14-44(34)54)51(67)37-17-19-38(20-18-37)52(68)62-31-41(49(65)59-27-23-35-11-3-7-15-45(35)55)42(32-62)50(66)60-28-24-36-12-4-8-16-46(36)56/h1-20,39-42H,21-32H2,(H,57,63)(H,58,64)(H,59,65)(H,60,66)/t39-,40-,41-,42-/m0/s1. The first kappa shape index (κ1) is 48.6. The molecular formula is C52H52F4N6O6. The van der Waals surface area contributed by atoms with Gasteiger partial charge in [-0.25, -0.2) is 17.6 Å². The molecule has 7 rings (SSSR count). The number of rotatable bonds is 18.